The summed E-state index contributed by atoms with van der Waals surface area (Å²) in [4.78, 5) is 26.9. The van der Waals surface area contributed by atoms with Crippen molar-refractivity contribution < 1.29 is 19.4 Å². The van der Waals surface area contributed by atoms with Crippen molar-refractivity contribution >= 4 is 23.3 Å². The van der Waals surface area contributed by atoms with Gasteiger partial charge in [-0.3, -0.25) is 0 Å². The molecule has 0 saturated carbocycles. The Labute approximate surface area is 120 Å². The van der Waals surface area contributed by atoms with Crippen LogP contribution in [0.15, 0.2) is 0 Å². The maximum Gasteiger partial charge on any atom is 0.347 e. The molecule has 1 aromatic heterocycles. The van der Waals surface area contributed by atoms with Gasteiger partial charge in [-0.2, -0.15) is 0 Å². The highest BCUT2D eigenvalue weighted by atomic mass is 32.1. The highest BCUT2D eigenvalue weighted by Gasteiger charge is 2.17. The van der Waals surface area contributed by atoms with Crippen molar-refractivity contribution in [3.05, 3.63) is 15.6 Å². The summed E-state index contributed by atoms with van der Waals surface area (Å²) >= 11 is 1.08. The van der Waals surface area contributed by atoms with Gasteiger partial charge in [-0.05, 0) is 19.8 Å². The molecule has 110 valence electrons. The summed E-state index contributed by atoms with van der Waals surface area (Å²) in [6.07, 6.45) is 1.62. The molecule has 0 aliphatic carbocycles. The second-order valence-electron chi connectivity index (χ2n) is 4.54. The summed E-state index contributed by atoms with van der Waals surface area (Å²) in [6, 6.07) is -0.127. The lowest BCUT2D eigenvalue weighted by Gasteiger charge is -2.23. The largest absolute Gasteiger partial charge is 0.477 e. The van der Waals surface area contributed by atoms with Crippen LogP contribution in [0.4, 0.5) is 4.79 Å². The zero-order valence-electron chi connectivity index (χ0n) is 11.1. The van der Waals surface area contributed by atoms with Crippen LogP contribution in [0.5, 0.6) is 0 Å². The van der Waals surface area contributed by atoms with E-state index in [1.165, 1.54) is 0 Å². The standard InChI is InChI=1S/C12H17N3O4S/c1-7-10(11(16)17)20-9(14-7)6-13-12(18)15-8-2-4-19-5-3-8/h8H,2-6H2,1H3,(H,16,17)(H2,13,15,18). The molecule has 1 aromatic rings. The number of hydrogen-bond donors (Lipinski definition) is 3. The minimum absolute atomic E-state index is 0.136. The predicted octanol–water partition coefficient (Wildman–Crippen LogP) is 1.13. The lowest BCUT2D eigenvalue weighted by molar-refractivity contribution is 0.0701. The Morgan fingerprint density at radius 3 is 2.75 bits per heavy atom. The lowest BCUT2D eigenvalue weighted by Crippen LogP contribution is -2.44. The normalized spacial score (nSPS) is 15.8. The molecule has 2 amide bonds. The number of carboxylic acids is 1. The monoisotopic (exact) mass is 299 g/mol. The number of carboxylic acid groups (broad SMARTS) is 1. The number of carbonyl (C=O) groups is 2. The molecule has 1 aliphatic rings. The molecule has 2 heterocycles. The summed E-state index contributed by atoms with van der Waals surface area (Å²) in [5, 5.41) is 15.1. The zero-order valence-corrected chi connectivity index (χ0v) is 12.0. The molecule has 0 atom stereocenters. The first-order valence-corrected chi connectivity index (χ1v) is 7.19. The van der Waals surface area contributed by atoms with E-state index in [1.54, 1.807) is 6.92 Å². The van der Waals surface area contributed by atoms with Crippen molar-refractivity contribution in [3.63, 3.8) is 0 Å². The van der Waals surface area contributed by atoms with Crippen LogP contribution in [0.1, 0.15) is 33.2 Å². The molecule has 20 heavy (non-hydrogen) atoms. The highest BCUT2D eigenvalue weighted by Crippen LogP contribution is 2.17. The van der Waals surface area contributed by atoms with Gasteiger partial charge in [0.25, 0.3) is 0 Å². The van der Waals surface area contributed by atoms with E-state index in [4.69, 9.17) is 9.84 Å². The molecule has 0 aromatic carbocycles. The third-order valence-corrected chi connectivity index (χ3v) is 4.14. The number of urea groups is 1. The number of ether oxygens (including phenoxy) is 1. The predicted molar refractivity (Wildman–Crippen MR) is 73.0 cm³/mol. The second kappa shape index (κ2) is 6.67. The number of nitrogens with zero attached hydrogens (tertiary/aromatic N) is 1. The Bertz CT molecular complexity index is 497. The number of rotatable bonds is 4. The van der Waals surface area contributed by atoms with E-state index >= 15 is 0 Å². The number of aromatic nitrogens is 1. The van der Waals surface area contributed by atoms with Gasteiger partial charge in [0.2, 0.25) is 0 Å². The maximum atomic E-state index is 11.7. The Morgan fingerprint density at radius 1 is 1.45 bits per heavy atom. The van der Waals surface area contributed by atoms with Crippen molar-refractivity contribution in [2.45, 2.75) is 32.4 Å². The summed E-state index contributed by atoms with van der Waals surface area (Å²) in [6.45, 7) is 3.20. The molecule has 0 unspecified atom stereocenters. The van der Waals surface area contributed by atoms with Gasteiger partial charge >= 0.3 is 12.0 Å². The van der Waals surface area contributed by atoms with Crippen molar-refractivity contribution in [1.82, 2.24) is 15.6 Å². The molecule has 1 aliphatic heterocycles. The van der Waals surface area contributed by atoms with Crippen LogP contribution in [0.3, 0.4) is 0 Å². The smallest absolute Gasteiger partial charge is 0.347 e. The molecule has 8 heteroatoms. The third kappa shape index (κ3) is 3.91. The van der Waals surface area contributed by atoms with Crippen LogP contribution in [0.2, 0.25) is 0 Å². The molecule has 1 fully saturated rings. The molecule has 1 saturated heterocycles. The van der Waals surface area contributed by atoms with Gasteiger partial charge in [0, 0.05) is 19.3 Å². The van der Waals surface area contributed by atoms with Gasteiger partial charge in [-0.1, -0.05) is 0 Å². The third-order valence-electron chi connectivity index (χ3n) is 2.99. The molecular weight excluding hydrogens is 282 g/mol. The van der Waals surface area contributed by atoms with E-state index < -0.39 is 5.97 Å². The number of carbonyl (C=O) groups excluding carboxylic acids is 1. The van der Waals surface area contributed by atoms with Gasteiger partial charge in [0.1, 0.15) is 9.88 Å². The molecular formula is C12H17N3O4S. The van der Waals surface area contributed by atoms with E-state index in [2.05, 4.69) is 15.6 Å². The summed E-state index contributed by atoms with van der Waals surface area (Å²) in [7, 11) is 0. The first-order valence-electron chi connectivity index (χ1n) is 6.38. The number of aryl methyl sites for hydroxylation is 1. The van der Waals surface area contributed by atoms with Crippen LogP contribution >= 0.6 is 11.3 Å². The fourth-order valence-corrected chi connectivity index (χ4v) is 2.80. The van der Waals surface area contributed by atoms with E-state index in [0.717, 1.165) is 24.2 Å². The summed E-state index contributed by atoms with van der Waals surface area (Å²) in [5.41, 5.74) is 0.476. The van der Waals surface area contributed by atoms with E-state index in [-0.39, 0.29) is 23.5 Å². The average molecular weight is 299 g/mol. The van der Waals surface area contributed by atoms with Gasteiger partial charge in [-0.15, -0.1) is 11.3 Å². The Hall–Kier alpha value is -1.67. The van der Waals surface area contributed by atoms with Crippen molar-refractivity contribution in [2.24, 2.45) is 0 Å². The minimum Gasteiger partial charge on any atom is -0.477 e. The SMILES string of the molecule is Cc1nc(CNC(=O)NC2CCOCC2)sc1C(=O)O. The first-order chi connectivity index (χ1) is 9.56. The minimum atomic E-state index is -0.988. The molecule has 0 spiro atoms. The number of hydrogen-bond acceptors (Lipinski definition) is 5. The summed E-state index contributed by atoms with van der Waals surface area (Å²) < 4.78 is 5.21. The highest BCUT2D eigenvalue weighted by molar-refractivity contribution is 7.13. The summed E-state index contributed by atoms with van der Waals surface area (Å²) in [5.74, 6) is -0.988. The van der Waals surface area contributed by atoms with Gasteiger partial charge in [-0.25, -0.2) is 14.6 Å². The fourth-order valence-electron chi connectivity index (χ4n) is 1.96. The Kier molecular flexibility index (Phi) is 4.91. The quantitative estimate of drug-likeness (QED) is 0.773. The van der Waals surface area contributed by atoms with Gasteiger partial charge < -0.3 is 20.5 Å². The van der Waals surface area contributed by atoms with E-state index in [1.807, 2.05) is 0 Å². The van der Waals surface area contributed by atoms with Gasteiger partial charge in [0.05, 0.1) is 12.2 Å². The fraction of sp³-hybridized carbons (Fsp3) is 0.583. The molecule has 7 nitrogen and oxygen atoms in total. The Balaban J connectivity index is 1.80. The van der Waals surface area contributed by atoms with Crippen LogP contribution in [0, 0.1) is 6.92 Å². The van der Waals surface area contributed by atoms with Crippen molar-refractivity contribution in [1.29, 1.82) is 0 Å². The van der Waals surface area contributed by atoms with E-state index in [9.17, 15) is 9.59 Å². The zero-order chi connectivity index (χ0) is 14.5. The lowest BCUT2D eigenvalue weighted by atomic mass is 10.1. The van der Waals surface area contributed by atoms with Crippen molar-refractivity contribution in [3.8, 4) is 0 Å². The van der Waals surface area contributed by atoms with Crippen LogP contribution in [-0.2, 0) is 11.3 Å². The number of nitrogens with one attached hydrogen (secondary N) is 2. The molecule has 0 bridgehead atoms. The Morgan fingerprint density at radius 2 is 2.15 bits per heavy atom. The first kappa shape index (κ1) is 14.7. The second-order valence-corrected chi connectivity index (χ2v) is 5.62. The number of amides is 2. The van der Waals surface area contributed by atoms with Crippen LogP contribution in [0.25, 0.3) is 0 Å². The van der Waals surface area contributed by atoms with Crippen molar-refractivity contribution in [2.75, 3.05) is 13.2 Å². The molecule has 0 radical (unpaired) electrons. The average Bonchev–Trinajstić information content (AvgIpc) is 2.79. The molecule has 3 N–H and O–H groups in total. The maximum absolute atomic E-state index is 11.7. The topological polar surface area (TPSA) is 101 Å². The van der Waals surface area contributed by atoms with Gasteiger partial charge in [0.15, 0.2) is 0 Å². The van der Waals surface area contributed by atoms with Crippen LogP contribution in [-0.4, -0.2) is 41.3 Å². The number of thiazole rings is 1. The van der Waals surface area contributed by atoms with E-state index in [0.29, 0.717) is 23.9 Å². The molecule has 2 rings (SSSR count). The van der Waals surface area contributed by atoms with Crippen LogP contribution < -0.4 is 10.6 Å². The number of aromatic carboxylic acids is 1.